The largest absolute Gasteiger partial charge is 0.336 e. The summed E-state index contributed by atoms with van der Waals surface area (Å²) in [6.45, 7) is 3.93. The highest BCUT2D eigenvalue weighted by Gasteiger charge is 2.21. The second-order valence-corrected chi connectivity index (χ2v) is 5.89. The van der Waals surface area contributed by atoms with Crippen molar-refractivity contribution in [2.75, 3.05) is 26.2 Å². The molecule has 120 valence electrons. The molecule has 1 saturated heterocycles. The van der Waals surface area contributed by atoms with Crippen molar-refractivity contribution in [2.45, 2.75) is 13.0 Å². The number of hydrogen-bond acceptors (Lipinski definition) is 5. The lowest BCUT2D eigenvalue weighted by atomic mass is 10.2. The number of carbonyl (C=O) groups excluding carboxylic acids is 1. The van der Waals surface area contributed by atoms with E-state index in [1.165, 1.54) is 6.20 Å². The fourth-order valence-electron chi connectivity index (χ4n) is 2.68. The molecule has 3 heterocycles. The molecule has 0 spiro atoms. The van der Waals surface area contributed by atoms with Crippen molar-refractivity contribution in [3.05, 3.63) is 53.3 Å². The molecule has 0 bridgehead atoms. The number of pyridine rings is 1. The summed E-state index contributed by atoms with van der Waals surface area (Å²) < 4.78 is 0. The Balaban J connectivity index is 1.61. The molecule has 7 heteroatoms. The van der Waals surface area contributed by atoms with Crippen LogP contribution < -0.4 is 0 Å². The Hall–Kier alpha value is -2.05. The zero-order valence-electron chi connectivity index (χ0n) is 12.7. The summed E-state index contributed by atoms with van der Waals surface area (Å²) in [6, 6.07) is 1.94. The minimum Gasteiger partial charge on any atom is -0.336 e. The average molecular weight is 332 g/mol. The zero-order chi connectivity index (χ0) is 16.1. The van der Waals surface area contributed by atoms with Crippen LogP contribution in [0.1, 0.15) is 22.5 Å². The molecule has 0 aromatic carbocycles. The van der Waals surface area contributed by atoms with Crippen molar-refractivity contribution in [3.8, 4) is 0 Å². The molecule has 0 radical (unpaired) electrons. The van der Waals surface area contributed by atoms with E-state index in [9.17, 15) is 4.79 Å². The molecule has 3 rings (SSSR count). The summed E-state index contributed by atoms with van der Waals surface area (Å²) in [7, 11) is 0. The lowest BCUT2D eigenvalue weighted by molar-refractivity contribution is 0.0754. The van der Waals surface area contributed by atoms with Crippen LogP contribution >= 0.6 is 11.6 Å². The predicted molar refractivity (Wildman–Crippen MR) is 87.1 cm³/mol. The number of halogens is 1. The third kappa shape index (κ3) is 4.03. The van der Waals surface area contributed by atoms with E-state index < -0.39 is 0 Å². The van der Waals surface area contributed by atoms with E-state index in [4.69, 9.17) is 11.6 Å². The van der Waals surface area contributed by atoms with Crippen molar-refractivity contribution in [1.82, 2.24) is 24.8 Å². The molecule has 0 aliphatic carbocycles. The van der Waals surface area contributed by atoms with E-state index >= 15 is 0 Å². The summed E-state index contributed by atoms with van der Waals surface area (Å²) in [6.07, 6.45) is 8.97. The Labute approximate surface area is 140 Å². The van der Waals surface area contributed by atoms with Crippen LogP contribution in [-0.4, -0.2) is 56.8 Å². The Kier molecular flexibility index (Phi) is 5.15. The van der Waals surface area contributed by atoms with Gasteiger partial charge < -0.3 is 4.90 Å². The summed E-state index contributed by atoms with van der Waals surface area (Å²) in [5, 5.41) is 0.684. The molecular weight excluding hydrogens is 314 g/mol. The first-order valence-corrected chi connectivity index (χ1v) is 7.98. The van der Waals surface area contributed by atoms with Crippen LogP contribution in [-0.2, 0) is 6.54 Å². The first-order chi connectivity index (χ1) is 11.2. The highest BCUT2D eigenvalue weighted by Crippen LogP contribution is 2.17. The molecule has 1 fully saturated rings. The first kappa shape index (κ1) is 15.8. The topological polar surface area (TPSA) is 62.2 Å². The first-order valence-electron chi connectivity index (χ1n) is 7.60. The Morgan fingerprint density at radius 1 is 1.09 bits per heavy atom. The van der Waals surface area contributed by atoms with Crippen LogP contribution in [0.3, 0.4) is 0 Å². The lowest BCUT2D eigenvalue weighted by Gasteiger charge is -2.22. The molecule has 23 heavy (non-hydrogen) atoms. The van der Waals surface area contributed by atoms with Crippen molar-refractivity contribution in [3.63, 3.8) is 0 Å². The SMILES string of the molecule is O=C(c1cnccn1)N1CCCN(Cc2ccncc2Cl)CC1. The fraction of sp³-hybridized carbons (Fsp3) is 0.375. The van der Waals surface area contributed by atoms with Crippen LogP contribution in [0.15, 0.2) is 37.1 Å². The maximum atomic E-state index is 12.4. The van der Waals surface area contributed by atoms with Gasteiger partial charge in [-0.3, -0.25) is 19.7 Å². The monoisotopic (exact) mass is 331 g/mol. The van der Waals surface area contributed by atoms with E-state index in [0.717, 1.165) is 38.2 Å². The smallest absolute Gasteiger partial charge is 0.274 e. The maximum Gasteiger partial charge on any atom is 0.274 e. The quantitative estimate of drug-likeness (QED) is 0.859. The maximum absolute atomic E-state index is 12.4. The molecule has 0 atom stereocenters. The van der Waals surface area contributed by atoms with Crippen LogP contribution in [0.25, 0.3) is 0 Å². The van der Waals surface area contributed by atoms with Gasteiger partial charge in [0.05, 0.1) is 11.2 Å². The number of aromatic nitrogens is 3. The van der Waals surface area contributed by atoms with Gasteiger partial charge in [-0.15, -0.1) is 0 Å². The molecule has 2 aromatic heterocycles. The van der Waals surface area contributed by atoms with Gasteiger partial charge in [0.25, 0.3) is 5.91 Å². The molecule has 1 aliphatic heterocycles. The summed E-state index contributed by atoms with van der Waals surface area (Å²) in [5.74, 6) is -0.0538. The van der Waals surface area contributed by atoms with Gasteiger partial charge in [0.15, 0.2) is 0 Å². The van der Waals surface area contributed by atoms with E-state index in [2.05, 4.69) is 19.9 Å². The van der Waals surface area contributed by atoms with E-state index in [1.807, 2.05) is 11.0 Å². The fourth-order valence-corrected chi connectivity index (χ4v) is 2.86. The third-order valence-electron chi connectivity index (χ3n) is 3.91. The summed E-state index contributed by atoms with van der Waals surface area (Å²) >= 11 is 6.17. The number of amides is 1. The zero-order valence-corrected chi connectivity index (χ0v) is 13.5. The van der Waals surface area contributed by atoms with Crippen LogP contribution in [0, 0.1) is 0 Å². The Morgan fingerprint density at radius 2 is 1.96 bits per heavy atom. The molecule has 0 N–H and O–H groups in total. The minimum atomic E-state index is -0.0538. The molecular formula is C16H18ClN5O. The van der Waals surface area contributed by atoms with Gasteiger partial charge in [0.1, 0.15) is 5.69 Å². The molecule has 0 saturated carbocycles. The molecule has 1 amide bonds. The van der Waals surface area contributed by atoms with Crippen LogP contribution in [0.4, 0.5) is 0 Å². The van der Waals surface area contributed by atoms with Gasteiger partial charge in [-0.05, 0) is 18.1 Å². The van der Waals surface area contributed by atoms with Crippen LogP contribution in [0.2, 0.25) is 5.02 Å². The van der Waals surface area contributed by atoms with E-state index in [-0.39, 0.29) is 5.91 Å². The normalized spacial score (nSPS) is 16.1. The second-order valence-electron chi connectivity index (χ2n) is 5.48. The van der Waals surface area contributed by atoms with Gasteiger partial charge in [-0.25, -0.2) is 4.98 Å². The van der Waals surface area contributed by atoms with Crippen molar-refractivity contribution < 1.29 is 4.79 Å². The van der Waals surface area contributed by atoms with Crippen molar-refractivity contribution in [1.29, 1.82) is 0 Å². The highest BCUT2D eigenvalue weighted by molar-refractivity contribution is 6.31. The minimum absolute atomic E-state index is 0.0538. The molecule has 6 nitrogen and oxygen atoms in total. The molecule has 2 aromatic rings. The number of carbonyl (C=O) groups is 1. The number of nitrogens with zero attached hydrogens (tertiary/aromatic N) is 5. The average Bonchev–Trinajstić information content (AvgIpc) is 2.83. The standard InChI is InChI=1S/C16H18ClN5O/c17-14-10-18-3-2-13(14)12-21-6-1-7-22(9-8-21)16(23)15-11-19-4-5-20-15/h2-5,10-11H,1,6-9,12H2. The number of rotatable bonds is 3. The number of hydrogen-bond donors (Lipinski definition) is 0. The van der Waals surface area contributed by atoms with Crippen molar-refractivity contribution in [2.24, 2.45) is 0 Å². The van der Waals surface area contributed by atoms with Gasteiger partial charge in [0, 0.05) is 57.5 Å². The lowest BCUT2D eigenvalue weighted by Crippen LogP contribution is -2.35. The summed E-state index contributed by atoms with van der Waals surface area (Å²) in [4.78, 5) is 28.7. The van der Waals surface area contributed by atoms with Gasteiger partial charge in [-0.1, -0.05) is 11.6 Å². The Morgan fingerprint density at radius 3 is 2.74 bits per heavy atom. The van der Waals surface area contributed by atoms with Crippen molar-refractivity contribution >= 4 is 17.5 Å². The van der Waals surface area contributed by atoms with E-state index in [0.29, 0.717) is 17.3 Å². The Bertz CT molecular complexity index is 667. The van der Waals surface area contributed by atoms with E-state index in [1.54, 1.807) is 24.8 Å². The highest BCUT2D eigenvalue weighted by atomic mass is 35.5. The summed E-state index contributed by atoms with van der Waals surface area (Å²) in [5.41, 5.74) is 1.47. The third-order valence-corrected chi connectivity index (χ3v) is 4.25. The predicted octanol–water partition coefficient (Wildman–Crippen LogP) is 1.87. The molecule has 0 unspecified atom stereocenters. The van der Waals surface area contributed by atoms with Gasteiger partial charge in [0.2, 0.25) is 0 Å². The van der Waals surface area contributed by atoms with Crippen LogP contribution in [0.5, 0.6) is 0 Å². The van der Waals surface area contributed by atoms with Gasteiger partial charge in [-0.2, -0.15) is 0 Å². The molecule has 1 aliphatic rings. The second kappa shape index (κ2) is 7.48. The van der Waals surface area contributed by atoms with Gasteiger partial charge >= 0.3 is 0 Å².